The van der Waals surface area contributed by atoms with Crippen LogP contribution in [0.3, 0.4) is 0 Å². The van der Waals surface area contributed by atoms with E-state index in [1.54, 1.807) is 23.5 Å². The third kappa shape index (κ3) is 4.09. The first-order valence-electron chi connectivity index (χ1n) is 6.10. The highest BCUT2D eigenvalue weighted by atomic mass is 79.9. The lowest BCUT2D eigenvalue weighted by Gasteiger charge is -2.16. The Kier molecular flexibility index (Phi) is 5.07. The van der Waals surface area contributed by atoms with Gasteiger partial charge < -0.3 is 5.32 Å². The number of aromatic nitrogens is 1. The molecule has 0 amide bonds. The first-order valence-corrected chi connectivity index (χ1v) is 7.78. The summed E-state index contributed by atoms with van der Waals surface area (Å²) in [5.41, 5.74) is 2.07. The van der Waals surface area contributed by atoms with Crippen LogP contribution in [0.4, 0.5) is 4.39 Å². The fourth-order valence-electron chi connectivity index (χ4n) is 2.00. The zero-order chi connectivity index (χ0) is 13.8. The molecule has 1 atom stereocenters. The number of hydrogen-bond acceptors (Lipinski definition) is 3. The Morgan fingerprint density at radius 1 is 1.42 bits per heavy atom. The third-order valence-electron chi connectivity index (χ3n) is 3.00. The first kappa shape index (κ1) is 14.6. The number of aryl methyl sites for hydroxylation is 1. The molecule has 102 valence electrons. The molecule has 0 saturated heterocycles. The van der Waals surface area contributed by atoms with Gasteiger partial charge in [0.2, 0.25) is 0 Å². The minimum Gasteiger partial charge on any atom is -0.316 e. The molecule has 1 heterocycles. The zero-order valence-electron chi connectivity index (χ0n) is 10.9. The van der Waals surface area contributed by atoms with Crippen LogP contribution in [0.2, 0.25) is 0 Å². The fraction of sp³-hybridized carbons (Fsp3) is 0.357. The molecule has 1 aromatic carbocycles. The lowest BCUT2D eigenvalue weighted by Crippen LogP contribution is -2.30. The van der Waals surface area contributed by atoms with E-state index in [-0.39, 0.29) is 11.9 Å². The summed E-state index contributed by atoms with van der Waals surface area (Å²) in [4.78, 5) is 4.47. The third-order valence-corrected chi connectivity index (χ3v) is 4.60. The predicted octanol–water partition coefficient (Wildman–Crippen LogP) is 3.73. The average Bonchev–Trinajstić information content (AvgIpc) is 2.78. The molecule has 0 spiro atoms. The van der Waals surface area contributed by atoms with E-state index >= 15 is 0 Å². The largest absolute Gasteiger partial charge is 0.316 e. The van der Waals surface area contributed by atoms with Crippen molar-refractivity contribution >= 4 is 27.3 Å². The minimum atomic E-state index is -0.197. The van der Waals surface area contributed by atoms with Gasteiger partial charge in [-0.3, -0.25) is 0 Å². The number of thiazole rings is 1. The predicted molar refractivity (Wildman–Crippen MR) is 81.2 cm³/mol. The van der Waals surface area contributed by atoms with Gasteiger partial charge in [-0.05, 0) is 44.2 Å². The second-order valence-electron chi connectivity index (χ2n) is 4.49. The van der Waals surface area contributed by atoms with Gasteiger partial charge >= 0.3 is 0 Å². The maximum Gasteiger partial charge on any atom is 0.123 e. The van der Waals surface area contributed by atoms with Crippen LogP contribution in [0, 0.1) is 12.7 Å². The Morgan fingerprint density at radius 2 is 2.21 bits per heavy atom. The van der Waals surface area contributed by atoms with E-state index in [1.165, 1.54) is 6.07 Å². The molecule has 2 aromatic rings. The fourth-order valence-corrected chi connectivity index (χ4v) is 3.03. The lowest BCUT2D eigenvalue weighted by molar-refractivity contribution is 0.547. The molecule has 5 heteroatoms. The van der Waals surface area contributed by atoms with Crippen LogP contribution in [0.25, 0.3) is 0 Å². The van der Waals surface area contributed by atoms with Crippen LogP contribution < -0.4 is 5.32 Å². The highest BCUT2D eigenvalue weighted by Gasteiger charge is 2.12. The van der Waals surface area contributed by atoms with E-state index in [0.29, 0.717) is 0 Å². The van der Waals surface area contributed by atoms with Gasteiger partial charge in [0, 0.05) is 22.3 Å². The molecular weight excluding hydrogens is 327 g/mol. The van der Waals surface area contributed by atoms with Gasteiger partial charge in [-0.25, -0.2) is 9.37 Å². The monoisotopic (exact) mass is 342 g/mol. The van der Waals surface area contributed by atoms with Crippen molar-refractivity contribution in [3.05, 3.63) is 50.1 Å². The van der Waals surface area contributed by atoms with Crippen molar-refractivity contribution in [2.75, 3.05) is 7.05 Å². The standard InChI is InChI=1S/C14H16BrFN2S/c1-9-18-13(8-19-9)7-12(17-2)6-10-5-11(16)3-4-14(10)15/h3-5,8,12,17H,6-7H2,1-2H3. The number of hydrogen-bond donors (Lipinski definition) is 1. The Labute approximate surface area is 125 Å². The van der Waals surface area contributed by atoms with E-state index in [0.717, 1.165) is 33.6 Å². The molecule has 0 aliphatic rings. The quantitative estimate of drug-likeness (QED) is 0.895. The molecule has 0 radical (unpaired) electrons. The highest BCUT2D eigenvalue weighted by Crippen LogP contribution is 2.20. The first-order chi connectivity index (χ1) is 9.08. The second-order valence-corrected chi connectivity index (χ2v) is 6.40. The summed E-state index contributed by atoms with van der Waals surface area (Å²) in [6, 6.07) is 5.05. The average molecular weight is 343 g/mol. The summed E-state index contributed by atoms with van der Waals surface area (Å²) in [5.74, 6) is -0.197. The topological polar surface area (TPSA) is 24.9 Å². The molecule has 1 unspecified atom stereocenters. The molecule has 0 saturated carbocycles. The molecule has 19 heavy (non-hydrogen) atoms. The summed E-state index contributed by atoms with van der Waals surface area (Å²) < 4.78 is 14.2. The molecule has 0 fully saturated rings. The molecule has 1 N–H and O–H groups in total. The van der Waals surface area contributed by atoms with E-state index in [1.807, 2.05) is 14.0 Å². The molecule has 0 aliphatic carbocycles. The van der Waals surface area contributed by atoms with Gasteiger partial charge in [-0.1, -0.05) is 15.9 Å². The molecule has 2 nitrogen and oxygen atoms in total. The zero-order valence-corrected chi connectivity index (χ0v) is 13.3. The Balaban J connectivity index is 2.08. The van der Waals surface area contributed by atoms with E-state index in [2.05, 4.69) is 31.6 Å². The number of halogens is 2. The lowest BCUT2D eigenvalue weighted by atomic mass is 10.0. The summed E-state index contributed by atoms with van der Waals surface area (Å²) in [7, 11) is 1.93. The number of nitrogens with one attached hydrogen (secondary N) is 1. The number of likely N-dealkylation sites (N-methyl/N-ethyl adjacent to an activating group) is 1. The molecular formula is C14H16BrFN2S. The minimum absolute atomic E-state index is 0.197. The Morgan fingerprint density at radius 3 is 2.84 bits per heavy atom. The van der Waals surface area contributed by atoms with Crippen LogP contribution in [0.1, 0.15) is 16.3 Å². The van der Waals surface area contributed by atoms with Gasteiger partial charge in [0.1, 0.15) is 5.82 Å². The smallest absolute Gasteiger partial charge is 0.123 e. The Bertz CT molecular complexity index is 556. The normalized spacial score (nSPS) is 12.6. The molecule has 0 bridgehead atoms. The molecule has 1 aromatic heterocycles. The van der Waals surface area contributed by atoms with E-state index in [9.17, 15) is 4.39 Å². The SMILES string of the molecule is CNC(Cc1csc(C)n1)Cc1cc(F)ccc1Br. The summed E-state index contributed by atoms with van der Waals surface area (Å²) in [6.07, 6.45) is 1.62. The van der Waals surface area contributed by atoms with Gasteiger partial charge in [0.05, 0.1) is 10.7 Å². The van der Waals surface area contributed by atoms with Gasteiger partial charge in [-0.2, -0.15) is 0 Å². The van der Waals surface area contributed by atoms with Crippen molar-refractivity contribution in [2.45, 2.75) is 25.8 Å². The summed E-state index contributed by atoms with van der Waals surface area (Å²) in [5, 5.41) is 6.44. The molecule has 0 aliphatic heterocycles. The van der Waals surface area contributed by atoms with Crippen LogP contribution in [0.15, 0.2) is 28.1 Å². The maximum absolute atomic E-state index is 13.3. The van der Waals surface area contributed by atoms with E-state index in [4.69, 9.17) is 0 Å². The number of benzene rings is 1. The molecule has 2 rings (SSSR count). The van der Waals surface area contributed by atoms with Crippen molar-refractivity contribution in [3.8, 4) is 0 Å². The van der Waals surface area contributed by atoms with Gasteiger partial charge in [0.15, 0.2) is 0 Å². The van der Waals surface area contributed by atoms with Crippen LogP contribution in [-0.4, -0.2) is 18.1 Å². The van der Waals surface area contributed by atoms with Gasteiger partial charge in [-0.15, -0.1) is 11.3 Å². The van der Waals surface area contributed by atoms with Crippen molar-refractivity contribution in [2.24, 2.45) is 0 Å². The summed E-state index contributed by atoms with van der Waals surface area (Å²) >= 11 is 5.13. The van der Waals surface area contributed by atoms with Gasteiger partial charge in [0.25, 0.3) is 0 Å². The number of nitrogens with zero attached hydrogens (tertiary/aromatic N) is 1. The van der Waals surface area contributed by atoms with Crippen molar-refractivity contribution < 1.29 is 4.39 Å². The van der Waals surface area contributed by atoms with Crippen molar-refractivity contribution in [3.63, 3.8) is 0 Å². The van der Waals surface area contributed by atoms with Crippen molar-refractivity contribution in [1.29, 1.82) is 0 Å². The second kappa shape index (κ2) is 6.59. The van der Waals surface area contributed by atoms with Crippen LogP contribution in [0.5, 0.6) is 0 Å². The summed E-state index contributed by atoms with van der Waals surface area (Å²) in [6.45, 7) is 2.01. The van der Waals surface area contributed by atoms with Crippen molar-refractivity contribution in [1.82, 2.24) is 10.3 Å². The Hall–Kier alpha value is -0.780. The highest BCUT2D eigenvalue weighted by molar-refractivity contribution is 9.10. The maximum atomic E-state index is 13.3. The van der Waals surface area contributed by atoms with Crippen LogP contribution in [-0.2, 0) is 12.8 Å². The number of rotatable bonds is 5. The van der Waals surface area contributed by atoms with E-state index < -0.39 is 0 Å². The van der Waals surface area contributed by atoms with Crippen LogP contribution >= 0.6 is 27.3 Å².